The number of rotatable bonds is 13. The Morgan fingerprint density at radius 2 is 1.95 bits per heavy atom. The predicted molar refractivity (Wildman–Crippen MR) is 169 cm³/mol. The van der Waals surface area contributed by atoms with Crippen LogP contribution in [0, 0.1) is 11.3 Å². The molecule has 1 fully saturated rings. The molecule has 2 aromatic rings. The van der Waals surface area contributed by atoms with Crippen LogP contribution in [0.4, 0.5) is 0 Å². The van der Waals surface area contributed by atoms with Crippen LogP contribution in [0.15, 0.2) is 31.0 Å². The second-order valence-electron chi connectivity index (χ2n) is 13.4. The predicted octanol–water partition coefficient (Wildman–Crippen LogP) is 7.14. The van der Waals surface area contributed by atoms with Crippen molar-refractivity contribution in [1.82, 2.24) is 15.2 Å². The van der Waals surface area contributed by atoms with Crippen LogP contribution in [0.5, 0.6) is 11.5 Å². The monoisotopic (exact) mass is 577 g/mol. The highest BCUT2D eigenvalue weighted by molar-refractivity contribution is 5.88. The van der Waals surface area contributed by atoms with Gasteiger partial charge in [-0.3, -0.25) is 9.59 Å². The molecule has 2 heterocycles. The first kappa shape index (κ1) is 31.8. The maximum absolute atomic E-state index is 13.5. The summed E-state index contributed by atoms with van der Waals surface area (Å²) < 4.78 is 12.3. The molecule has 1 aliphatic heterocycles. The van der Waals surface area contributed by atoms with Gasteiger partial charge in [0, 0.05) is 17.4 Å². The minimum Gasteiger partial charge on any atom is -0.497 e. The number of ether oxygens (including phenoxy) is 2. The molecule has 7 nitrogen and oxygen atoms in total. The van der Waals surface area contributed by atoms with Crippen LogP contribution >= 0.6 is 0 Å². The van der Waals surface area contributed by atoms with Crippen molar-refractivity contribution in [2.45, 2.75) is 117 Å². The highest BCUT2D eigenvalue weighted by Crippen LogP contribution is 2.38. The SMILES string of the molecule is C=CNC(=O)[C@H](C)N(C[C@@H]1CCc2c(c(CCCCCC3CCCC3)nc3ccc(OC)cc23)O1)C(=O)CC(C)(C)C. The first-order valence-electron chi connectivity index (χ1n) is 16.0. The Morgan fingerprint density at radius 3 is 2.64 bits per heavy atom. The van der Waals surface area contributed by atoms with E-state index in [1.165, 1.54) is 56.7 Å². The topological polar surface area (TPSA) is 80.8 Å². The summed E-state index contributed by atoms with van der Waals surface area (Å²) in [6.07, 6.45) is 14.4. The Hall–Kier alpha value is -3.09. The number of fused-ring (bicyclic) bond motifs is 3. The molecule has 1 aliphatic carbocycles. The normalized spacial score (nSPS) is 17.8. The third kappa shape index (κ3) is 8.26. The molecule has 42 heavy (non-hydrogen) atoms. The van der Waals surface area contributed by atoms with Crippen LogP contribution in [0.25, 0.3) is 10.9 Å². The number of hydrogen-bond donors (Lipinski definition) is 1. The Kier molecular flexibility index (Phi) is 10.9. The number of amides is 2. The lowest BCUT2D eigenvalue weighted by Gasteiger charge is -2.36. The first-order chi connectivity index (χ1) is 20.1. The highest BCUT2D eigenvalue weighted by atomic mass is 16.5. The van der Waals surface area contributed by atoms with Gasteiger partial charge >= 0.3 is 0 Å². The molecular formula is C35H51N3O4. The number of nitrogens with one attached hydrogen (secondary N) is 1. The molecule has 0 spiro atoms. The number of carbonyl (C=O) groups is 2. The molecule has 1 N–H and O–H groups in total. The van der Waals surface area contributed by atoms with Crippen molar-refractivity contribution in [3.05, 3.63) is 42.2 Å². The van der Waals surface area contributed by atoms with Gasteiger partial charge in [-0.1, -0.05) is 72.3 Å². The summed E-state index contributed by atoms with van der Waals surface area (Å²) in [5, 5.41) is 3.72. The zero-order valence-electron chi connectivity index (χ0n) is 26.5. The largest absolute Gasteiger partial charge is 0.497 e. The number of carbonyl (C=O) groups excluding carboxylic acids is 2. The van der Waals surface area contributed by atoms with Crippen molar-refractivity contribution in [2.24, 2.45) is 11.3 Å². The molecule has 7 heteroatoms. The molecule has 2 atom stereocenters. The Balaban J connectivity index is 1.55. The quantitative estimate of drug-likeness (QED) is 0.256. The van der Waals surface area contributed by atoms with Crippen molar-refractivity contribution >= 4 is 22.7 Å². The lowest BCUT2D eigenvalue weighted by molar-refractivity contribution is -0.142. The van der Waals surface area contributed by atoms with Crippen molar-refractivity contribution in [3.63, 3.8) is 0 Å². The molecule has 0 bridgehead atoms. The summed E-state index contributed by atoms with van der Waals surface area (Å²) >= 11 is 0. The van der Waals surface area contributed by atoms with Gasteiger partial charge in [-0.15, -0.1) is 0 Å². The lowest BCUT2D eigenvalue weighted by Crippen LogP contribution is -2.51. The number of methoxy groups -OCH3 is 1. The summed E-state index contributed by atoms with van der Waals surface area (Å²) in [4.78, 5) is 33.0. The first-order valence-corrected chi connectivity index (χ1v) is 16.0. The van der Waals surface area contributed by atoms with E-state index in [2.05, 4.69) is 18.0 Å². The van der Waals surface area contributed by atoms with Gasteiger partial charge in [0.05, 0.1) is 24.9 Å². The summed E-state index contributed by atoms with van der Waals surface area (Å²) in [6.45, 7) is 11.8. The molecule has 0 saturated heterocycles. The fourth-order valence-electron chi connectivity index (χ4n) is 6.50. The van der Waals surface area contributed by atoms with E-state index in [1.807, 2.05) is 32.9 Å². The molecule has 230 valence electrons. The number of pyridine rings is 1. The van der Waals surface area contributed by atoms with Gasteiger partial charge in [-0.25, -0.2) is 4.98 Å². The van der Waals surface area contributed by atoms with E-state index in [1.54, 1.807) is 18.9 Å². The third-order valence-corrected chi connectivity index (χ3v) is 8.82. The van der Waals surface area contributed by atoms with Crippen molar-refractivity contribution in [2.75, 3.05) is 13.7 Å². The van der Waals surface area contributed by atoms with Crippen molar-refractivity contribution in [3.8, 4) is 11.5 Å². The van der Waals surface area contributed by atoms with E-state index in [0.29, 0.717) is 13.0 Å². The van der Waals surface area contributed by atoms with Gasteiger partial charge in [-0.05, 0) is 68.3 Å². The van der Waals surface area contributed by atoms with E-state index >= 15 is 0 Å². The van der Waals surface area contributed by atoms with Crippen LogP contribution < -0.4 is 14.8 Å². The van der Waals surface area contributed by atoms with Crippen LogP contribution in [0.3, 0.4) is 0 Å². The van der Waals surface area contributed by atoms with Gasteiger partial charge in [0.2, 0.25) is 11.8 Å². The maximum atomic E-state index is 13.5. The molecule has 0 radical (unpaired) electrons. The third-order valence-electron chi connectivity index (χ3n) is 8.82. The molecule has 1 aromatic heterocycles. The number of unbranched alkanes of at least 4 members (excludes halogenated alkanes) is 2. The zero-order chi connectivity index (χ0) is 30.3. The molecule has 1 aromatic carbocycles. The minimum absolute atomic E-state index is 0.0486. The van der Waals surface area contributed by atoms with Gasteiger partial charge < -0.3 is 19.7 Å². The number of nitrogens with zero attached hydrogens (tertiary/aromatic N) is 2. The van der Waals surface area contributed by atoms with Crippen LogP contribution in [-0.2, 0) is 22.4 Å². The number of benzene rings is 1. The maximum Gasteiger partial charge on any atom is 0.246 e. The molecule has 2 aliphatic rings. The Bertz CT molecular complexity index is 1250. The van der Waals surface area contributed by atoms with E-state index in [-0.39, 0.29) is 23.3 Å². The average molecular weight is 578 g/mol. The van der Waals surface area contributed by atoms with Crippen molar-refractivity contribution in [1.29, 1.82) is 0 Å². The van der Waals surface area contributed by atoms with Gasteiger partial charge in [-0.2, -0.15) is 0 Å². The van der Waals surface area contributed by atoms with E-state index in [0.717, 1.165) is 59.7 Å². The number of hydrogen-bond acceptors (Lipinski definition) is 5. The molecular weight excluding hydrogens is 526 g/mol. The lowest BCUT2D eigenvalue weighted by atomic mass is 9.91. The van der Waals surface area contributed by atoms with Crippen LogP contribution in [0.1, 0.15) is 103 Å². The Labute approximate surface area is 252 Å². The van der Waals surface area contributed by atoms with Gasteiger partial charge in [0.1, 0.15) is 23.6 Å². The molecule has 1 saturated carbocycles. The average Bonchev–Trinajstić information content (AvgIpc) is 3.48. The standard InChI is InChI=1S/C35H51N3O4/c1-7-36-34(40)24(2)38(32(39)22-35(3,4)5)23-27-17-19-28-29-21-26(41-6)18-20-30(29)37-31(33(28)42-27)16-10-8-9-13-25-14-11-12-15-25/h7,18,20-21,24-25,27H,1,8-17,19,22-23H2,2-6H3,(H,36,40)/t24-,27-/m0/s1. The second-order valence-corrected chi connectivity index (χ2v) is 13.4. The van der Waals surface area contributed by atoms with E-state index in [4.69, 9.17) is 14.5 Å². The fourth-order valence-corrected chi connectivity index (χ4v) is 6.50. The van der Waals surface area contributed by atoms with E-state index in [9.17, 15) is 9.59 Å². The van der Waals surface area contributed by atoms with Gasteiger partial charge in [0.15, 0.2) is 0 Å². The van der Waals surface area contributed by atoms with Crippen LogP contribution in [0.2, 0.25) is 0 Å². The number of aryl methyl sites for hydroxylation is 2. The summed E-state index contributed by atoms with van der Waals surface area (Å²) in [5.74, 6) is 2.29. The molecule has 0 unspecified atom stereocenters. The Morgan fingerprint density at radius 1 is 1.19 bits per heavy atom. The van der Waals surface area contributed by atoms with E-state index < -0.39 is 6.04 Å². The zero-order valence-corrected chi connectivity index (χ0v) is 26.5. The molecule has 2 amide bonds. The number of aromatic nitrogens is 1. The second kappa shape index (κ2) is 14.4. The highest BCUT2D eigenvalue weighted by Gasteiger charge is 2.33. The smallest absolute Gasteiger partial charge is 0.246 e. The van der Waals surface area contributed by atoms with Crippen LogP contribution in [-0.4, -0.2) is 47.5 Å². The van der Waals surface area contributed by atoms with Gasteiger partial charge in [0.25, 0.3) is 0 Å². The summed E-state index contributed by atoms with van der Waals surface area (Å²) in [7, 11) is 1.68. The summed E-state index contributed by atoms with van der Waals surface area (Å²) in [6, 6.07) is 5.42. The molecule has 4 rings (SSSR count). The van der Waals surface area contributed by atoms with Crippen molar-refractivity contribution < 1.29 is 19.1 Å². The minimum atomic E-state index is -0.638. The summed E-state index contributed by atoms with van der Waals surface area (Å²) in [5.41, 5.74) is 2.94. The fraction of sp³-hybridized carbons (Fsp3) is 0.629.